The molecule has 2 bridgehead atoms. The third kappa shape index (κ3) is 4.35. The first-order valence-electron chi connectivity index (χ1n) is 10.4. The van der Waals surface area contributed by atoms with Crippen molar-refractivity contribution in [1.82, 2.24) is 20.2 Å². The summed E-state index contributed by atoms with van der Waals surface area (Å²) in [5, 5.41) is 2.90. The van der Waals surface area contributed by atoms with Gasteiger partial charge in [0, 0.05) is 38.6 Å². The number of nitrogens with zero attached hydrogens (tertiary/aromatic N) is 4. The molecule has 0 radical (unpaired) electrons. The van der Waals surface area contributed by atoms with Crippen molar-refractivity contribution < 1.29 is 9.59 Å². The Morgan fingerprint density at radius 3 is 2.45 bits per heavy atom. The molecule has 3 aliphatic rings. The maximum Gasteiger partial charge on any atom is 0.225 e. The van der Waals surface area contributed by atoms with E-state index in [2.05, 4.69) is 36.9 Å². The molecule has 154 valence electrons. The van der Waals surface area contributed by atoms with Crippen LogP contribution >= 0.6 is 0 Å². The number of hydrogen-bond donors (Lipinski definition) is 2. The minimum absolute atomic E-state index is 0.0632. The Morgan fingerprint density at radius 2 is 1.76 bits per heavy atom. The number of aromatic nitrogens is 2. The predicted molar refractivity (Wildman–Crippen MR) is 108 cm³/mol. The maximum absolute atomic E-state index is 12.6. The molecule has 2 saturated carbocycles. The molecule has 2 heterocycles. The fourth-order valence-electron chi connectivity index (χ4n) is 5.12. The summed E-state index contributed by atoms with van der Waals surface area (Å²) in [4.78, 5) is 37.4. The zero-order valence-electron chi connectivity index (χ0n) is 16.6. The summed E-state index contributed by atoms with van der Waals surface area (Å²) >= 11 is 0. The molecule has 3 fully saturated rings. The van der Waals surface area contributed by atoms with Crippen LogP contribution in [0.25, 0.3) is 0 Å². The van der Waals surface area contributed by atoms with Gasteiger partial charge in [0.15, 0.2) is 0 Å². The molecule has 1 aromatic rings. The number of anilines is 1. The lowest BCUT2D eigenvalue weighted by Crippen LogP contribution is -2.47. The second-order valence-corrected chi connectivity index (χ2v) is 8.17. The molecule has 1 aliphatic heterocycles. The molecule has 8 heteroatoms. The first kappa shape index (κ1) is 19.6. The van der Waals surface area contributed by atoms with Gasteiger partial charge >= 0.3 is 0 Å². The fourth-order valence-corrected chi connectivity index (χ4v) is 5.12. The lowest BCUT2D eigenvalue weighted by atomic mass is 9.78. The molecule has 3 N–H and O–H groups in total. The average molecular weight is 396 g/mol. The molecule has 1 aromatic heterocycles. The topological polar surface area (TPSA) is 104 Å². The van der Waals surface area contributed by atoms with Gasteiger partial charge in [0.05, 0.1) is 24.9 Å². The van der Waals surface area contributed by atoms with Gasteiger partial charge in [-0.3, -0.25) is 14.5 Å². The van der Waals surface area contributed by atoms with Crippen LogP contribution in [0.5, 0.6) is 0 Å². The average Bonchev–Trinajstić information content (AvgIpc) is 3.36. The van der Waals surface area contributed by atoms with Crippen LogP contribution in [-0.2, 0) is 9.59 Å². The highest BCUT2D eigenvalue weighted by Gasteiger charge is 2.52. The third-order valence-corrected chi connectivity index (χ3v) is 6.53. The van der Waals surface area contributed by atoms with E-state index in [9.17, 15) is 9.59 Å². The molecular weight excluding hydrogens is 368 g/mol. The molecule has 2 aliphatic carbocycles. The molecule has 1 saturated heterocycles. The maximum atomic E-state index is 12.6. The van der Waals surface area contributed by atoms with Gasteiger partial charge in [-0.05, 0) is 37.2 Å². The van der Waals surface area contributed by atoms with Gasteiger partial charge in [0.1, 0.15) is 0 Å². The lowest BCUT2D eigenvalue weighted by molar-refractivity contribution is -0.135. The largest absolute Gasteiger partial charge is 0.369 e. The molecule has 0 aromatic carbocycles. The van der Waals surface area contributed by atoms with E-state index in [4.69, 9.17) is 5.73 Å². The normalized spacial score (nSPS) is 28.6. The Balaban J connectivity index is 1.19. The first-order valence-corrected chi connectivity index (χ1v) is 10.4. The van der Waals surface area contributed by atoms with Crippen LogP contribution in [0.15, 0.2) is 18.5 Å². The van der Waals surface area contributed by atoms with Gasteiger partial charge in [-0.15, -0.1) is 0 Å². The Bertz CT molecular complexity index is 796. The minimum atomic E-state index is -0.330. The molecule has 0 spiro atoms. The Labute approximate surface area is 171 Å². The van der Waals surface area contributed by atoms with Crippen LogP contribution in [-0.4, -0.2) is 66.0 Å². The molecule has 4 atom stereocenters. The van der Waals surface area contributed by atoms with E-state index in [1.54, 1.807) is 12.4 Å². The number of piperazine rings is 1. The van der Waals surface area contributed by atoms with E-state index in [1.807, 2.05) is 6.07 Å². The Kier molecular flexibility index (Phi) is 5.95. The van der Waals surface area contributed by atoms with Crippen molar-refractivity contribution >= 4 is 17.8 Å². The summed E-state index contributed by atoms with van der Waals surface area (Å²) in [5.41, 5.74) is 5.55. The van der Waals surface area contributed by atoms with Gasteiger partial charge in [0.2, 0.25) is 17.8 Å². The highest BCUT2D eigenvalue weighted by molar-refractivity contribution is 5.88. The van der Waals surface area contributed by atoms with Crippen LogP contribution in [0.2, 0.25) is 0 Å². The summed E-state index contributed by atoms with van der Waals surface area (Å²) < 4.78 is 0. The summed E-state index contributed by atoms with van der Waals surface area (Å²) in [7, 11) is 0. The van der Waals surface area contributed by atoms with Gasteiger partial charge in [-0.25, -0.2) is 9.97 Å². The van der Waals surface area contributed by atoms with Crippen molar-refractivity contribution in [3.63, 3.8) is 0 Å². The number of hydrogen-bond acceptors (Lipinski definition) is 6. The number of carbonyl (C=O) groups excluding carboxylic acids is 2. The zero-order valence-corrected chi connectivity index (χ0v) is 16.6. The van der Waals surface area contributed by atoms with Gasteiger partial charge in [-0.2, -0.15) is 0 Å². The summed E-state index contributed by atoms with van der Waals surface area (Å²) in [6.07, 6.45) is 6.52. The Morgan fingerprint density at radius 1 is 1.07 bits per heavy atom. The summed E-state index contributed by atoms with van der Waals surface area (Å²) in [6.45, 7) is 4.56. The fraction of sp³-hybridized carbons (Fsp3) is 0.619. The van der Waals surface area contributed by atoms with Crippen molar-refractivity contribution in [2.24, 2.45) is 29.4 Å². The minimum Gasteiger partial charge on any atom is -0.369 e. The standard InChI is InChI=1S/C21H28N6O2/c22-19(28)17-15-4-5-16(14-15)18(17)20(29)23-6-1-2-9-26-10-12-27(13-11-26)21-24-7-3-8-25-21/h3,7-8,15-18H,4-6,9-14H2,(H2,22,28)(H,23,29)/t15-,16+,17+,18-/m1/s1. The van der Waals surface area contributed by atoms with E-state index in [0.717, 1.165) is 51.4 Å². The molecular formula is C21H28N6O2. The van der Waals surface area contributed by atoms with E-state index in [-0.39, 0.29) is 23.7 Å². The summed E-state index contributed by atoms with van der Waals surface area (Å²) in [5.74, 6) is 6.59. The molecule has 2 amide bonds. The zero-order chi connectivity index (χ0) is 20.2. The van der Waals surface area contributed by atoms with Crippen LogP contribution < -0.4 is 16.0 Å². The number of amides is 2. The number of nitrogens with one attached hydrogen (secondary N) is 1. The number of rotatable bonds is 5. The second-order valence-electron chi connectivity index (χ2n) is 8.17. The number of primary amides is 1. The third-order valence-electron chi connectivity index (χ3n) is 6.53. The van der Waals surface area contributed by atoms with Crippen molar-refractivity contribution in [2.45, 2.75) is 19.3 Å². The number of carbonyl (C=O) groups is 2. The Hall–Kier alpha value is -2.66. The van der Waals surface area contributed by atoms with Crippen molar-refractivity contribution in [2.75, 3.05) is 44.2 Å². The smallest absolute Gasteiger partial charge is 0.225 e. The van der Waals surface area contributed by atoms with Gasteiger partial charge in [0.25, 0.3) is 0 Å². The van der Waals surface area contributed by atoms with Gasteiger partial charge in [-0.1, -0.05) is 11.8 Å². The summed E-state index contributed by atoms with van der Waals surface area (Å²) in [6, 6.07) is 1.82. The van der Waals surface area contributed by atoms with E-state index in [0.29, 0.717) is 24.9 Å². The molecule has 8 nitrogen and oxygen atoms in total. The number of nitrogens with two attached hydrogens (primary N) is 1. The first-order chi connectivity index (χ1) is 14.1. The van der Waals surface area contributed by atoms with E-state index >= 15 is 0 Å². The molecule has 0 unspecified atom stereocenters. The molecule has 4 rings (SSSR count). The highest BCUT2D eigenvalue weighted by atomic mass is 16.2. The van der Waals surface area contributed by atoms with Crippen molar-refractivity contribution in [1.29, 1.82) is 0 Å². The monoisotopic (exact) mass is 396 g/mol. The lowest BCUT2D eigenvalue weighted by Gasteiger charge is -2.33. The van der Waals surface area contributed by atoms with E-state index in [1.165, 1.54) is 0 Å². The predicted octanol–water partition coefficient (Wildman–Crippen LogP) is -0.134. The van der Waals surface area contributed by atoms with Crippen LogP contribution in [0.3, 0.4) is 0 Å². The van der Waals surface area contributed by atoms with Crippen LogP contribution in [0, 0.1) is 35.5 Å². The number of fused-ring (bicyclic) bond motifs is 2. The molecule has 29 heavy (non-hydrogen) atoms. The van der Waals surface area contributed by atoms with Crippen molar-refractivity contribution in [3.8, 4) is 11.8 Å². The van der Waals surface area contributed by atoms with Crippen LogP contribution in [0.1, 0.15) is 19.3 Å². The van der Waals surface area contributed by atoms with Crippen LogP contribution in [0.4, 0.5) is 5.95 Å². The SMILES string of the molecule is NC(=O)[C@H]1[C@@H]2CC[C@@H](C2)[C@H]1C(=O)NCC#CCN1CCN(c2ncccn2)CC1. The quantitative estimate of drug-likeness (QED) is 0.672. The highest BCUT2D eigenvalue weighted by Crippen LogP contribution is 2.52. The second kappa shape index (κ2) is 8.78. The van der Waals surface area contributed by atoms with Gasteiger partial charge < -0.3 is 16.0 Å². The van der Waals surface area contributed by atoms with Crippen molar-refractivity contribution in [3.05, 3.63) is 18.5 Å². The van der Waals surface area contributed by atoms with E-state index < -0.39 is 0 Å².